The van der Waals surface area contributed by atoms with Crippen LogP contribution in [0, 0.1) is 11.6 Å². The van der Waals surface area contributed by atoms with Crippen molar-refractivity contribution in [2.75, 3.05) is 6.26 Å². The number of amides is 1. The Balaban J connectivity index is 2.03. The lowest BCUT2D eigenvalue weighted by Crippen LogP contribution is -2.23. The van der Waals surface area contributed by atoms with Crippen LogP contribution < -0.4 is 5.32 Å². The summed E-state index contributed by atoms with van der Waals surface area (Å²) in [7, 11) is -3.27. The van der Waals surface area contributed by atoms with Gasteiger partial charge in [-0.1, -0.05) is 12.1 Å². The number of hydrogen-bond donors (Lipinski definition) is 1. The lowest BCUT2D eigenvalue weighted by Gasteiger charge is -2.06. The molecule has 1 amide bonds. The van der Waals surface area contributed by atoms with E-state index in [4.69, 9.17) is 0 Å². The number of halogens is 2. The molecule has 4 nitrogen and oxygen atoms in total. The van der Waals surface area contributed by atoms with Crippen LogP contribution in [-0.4, -0.2) is 20.6 Å². The molecular formula is C15H13F2NO3S. The molecule has 2 aromatic rings. The fraction of sp³-hybridized carbons (Fsp3) is 0.133. The molecule has 0 fully saturated rings. The highest BCUT2D eigenvalue weighted by molar-refractivity contribution is 7.90. The second-order valence-corrected chi connectivity index (χ2v) is 6.74. The Morgan fingerprint density at radius 3 is 2.23 bits per heavy atom. The fourth-order valence-corrected chi connectivity index (χ4v) is 2.41. The van der Waals surface area contributed by atoms with Crippen molar-refractivity contribution < 1.29 is 22.0 Å². The Morgan fingerprint density at radius 2 is 1.68 bits per heavy atom. The van der Waals surface area contributed by atoms with Gasteiger partial charge in [-0.2, -0.15) is 0 Å². The zero-order chi connectivity index (χ0) is 16.3. The van der Waals surface area contributed by atoms with Crippen LogP contribution in [0.5, 0.6) is 0 Å². The first-order valence-electron chi connectivity index (χ1n) is 6.29. The third-order valence-electron chi connectivity index (χ3n) is 2.99. The summed E-state index contributed by atoms with van der Waals surface area (Å²) in [6.45, 7) is 0.141. The Kier molecular flexibility index (Phi) is 4.56. The largest absolute Gasteiger partial charge is 0.348 e. The van der Waals surface area contributed by atoms with Crippen molar-refractivity contribution in [3.8, 4) is 0 Å². The summed E-state index contributed by atoms with van der Waals surface area (Å²) < 4.78 is 48.5. The van der Waals surface area contributed by atoms with Crippen LogP contribution in [0.25, 0.3) is 0 Å². The van der Waals surface area contributed by atoms with Crippen LogP contribution >= 0.6 is 0 Å². The van der Waals surface area contributed by atoms with Crippen molar-refractivity contribution in [2.24, 2.45) is 0 Å². The third-order valence-corrected chi connectivity index (χ3v) is 4.11. The number of rotatable bonds is 4. The number of carbonyl (C=O) groups is 1. The summed E-state index contributed by atoms with van der Waals surface area (Å²) in [5.74, 6) is -2.66. The maximum atomic E-state index is 13.0. The molecular weight excluding hydrogens is 312 g/mol. The zero-order valence-corrected chi connectivity index (χ0v) is 12.5. The molecule has 0 heterocycles. The molecule has 2 aromatic carbocycles. The first kappa shape index (κ1) is 16.1. The molecule has 1 N–H and O–H groups in total. The zero-order valence-electron chi connectivity index (χ0n) is 11.6. The van der Waals surface area contributed by atoms with Crippen molar-refractivity contribution in [1.29, 1.82) is 0 Å². The topological polar surface area (TPSA) is 63.2 Å². The van der Waals surface area contributed by atoms with Crippen LogP contribution in [-0.2, 0) is 16.4 Å². The van der Waals surface area contributed by atoms with Gasteiger partial charge in [0.1, 0.15) is 0 Å². The maximum Gasteiger partial charge on any atom is 0.251 e. The van der Waals surface area contributed by atoms with Crippen LogP contribution in [0.4, 0.5) is 8.78 Å². The van der Waals surface area contributed by atoms with E-state index < -0.39 is 27.4 Å². The second kappa shape index (κ2) is 6.23. The van der Waals surface area contributed by atoms with Gasteiger partial charge >= 0.3 is 0 Å². The van der Waals surface area contributed by atoms with E-state index in [0.717, 1.165) is 18.4 Å². The molecule has 7 heteroatoms. The van der Waals surface area contributed by atoms with E-state index in [0.29, 0.717) is 5.56 Å². The molecule has 116 valence electrons. The fourth-order valence-electron chi connectivity index (χ4n) is 1.78. The SMILES string of the molecule is CS(=O)(=O)c1ccc(CNC(=O)c2ccc(F)c(F)c2)cc1. The van der Waals surface area contributed by atoms with Crippen LogP contribution in [0.2, 0.25) is 0 Å². The molecule has 0 aliphatic rings. The molecule has 0 spiro atoms. The van der Waals surface area contributed by atoms with Gasteiger partial charge in [-0.15, -0.1) is 0 Å². The molecule has 22 heavy (non-hydrogen) atoms. The second-order valence-electron chi connectivity index (χ2n) is 4.73. The van der Waals surface area contributed by atoms with Gasteiger partial charge in [0.05, 0.1) is 4.90 Å². The minimum atomic E-state index is -3.27. The molecule has 0 saturated carbocycles. The average Bonchev–Trinajstić information content (AvgIpc) is 2.47. The van der Waals surface area contributed by atoms with Crippen molar-refractivity contribution in [3.05, 3.63) is 65.2 Å². The molecule has 0 atom stereocenters. The highest BCUT2D eigenvalue weighted by Crippen LogP contribution is 2.11. The minimum absolute atomic E-state index is 0.00616. The predicted octanol–water partition coefficient (Wildman–Crippen LogP) is 2.30. The van der Waals surface area contributed by atoms with E-state index in [2.05, 4.69) is 5.32 Å². The van der Waals surface area contributed by atoms with Crippen molar-refractivity contribution in [2.45, 2.75) is 11.4 Å². The molecule has 0 aliphatic heterocycles. The van der Waals surface area contributed by atoms with E-state index in [1.54, 1.807) is 12.1 Å². The van der Waals surface area contributed by atoms with Gasteiger partial charge in [0.2, 0.25) is 0 Å². The molecule has 0 bridgehead atoms. The summed E-state index contributed by atoms with van der Waals surface area (Å²) >= 11 is 0. The number of sulfone groups is 1. The number of benzene rings is 2. The third kappa shape index (κ3) is 3.88. The summed E-state index contributed by atoms with van der Waals surface area (Å²) in [6, 6.07) is 8.90. The van der Waals surface area contributed by atoms with E-state index >= 15 is 0 Å². The van der Waals surface area contributed by atoms with Crippen LogP contribution in [0.1, 0.15) is 15.9 Å². The molecule has 0 saturated heterocycles. The molecule has 0 unspecified atom stereocenters. The Hall–Kier alpha value is -2.28. The van der Waals surface area contributed by atoms with Gasteiger partial charge in [-0.3, -0.25) is 4.79 Å². The number of carbonyl (C=O) groups excluding carboxylic acids is 1. The lowest BCUT2D eigenvalue weighted by molar-refractivity contribution is 0.0950. The normalized spacial score (nSPS) is 11.2. The van der Waals surface area contributed by atoms with Crippen molar-refractivity contribution >= 4 is 15.7 Å². The Bertz CT molecular complexity index is 802. The summed E-state index contributed by atoms with van der Waals surface area (Å²) in [5.41, 5.74) is 0.690. The molecule has 2 rings (SSSR count). The van der Waals surface area contributed by atoms with Gasteiger partial charge in [0.25, 0.3) is 5.91 Å². The summed E-state index contributed by atoms with van der Waals surface area (Å²) in [5, 5.41) is 2.54. The quantitative estimate of drug-likeness (QED) is 0.938. The summed E-state index contributed by atoms with van der Waals surface area (Å²) in [6.07, 6.45) is 1.10. The molecule has 0 aromatic heterocycles. The smallest absolute Gasteiger partial charge is 0.251 e. The predicted molar refractivity (Wildman–Crippen MR) is 77.1 cm³/mol. The highest BCUT2D eigenvalue weighted by Gasteiger charge is 2.10. The van der Waals surface area contributed by atoms with Crippen LogP contribution in [0.15, 0.2) is 47.4 Å². The van der Waals surface area contributed by atoms with Gasteiger partial charge < -0.3 is 5.32 Å². The maximum absolute atomic E-state index is 13.0. The van der Waals surface area contributed by atoms with E-state index in [1.807, 2.05) is 0 Å². The van der Waals surface area contributed by atoms with Gasteiger partial charge in [-0.25, -0.2) is 17.2 Å². The average molecular weight is 325 g/mol. The molecule has 0 radical (unpaired) electrons. The van der Waals surface area contributed by atoms with E-state index in [1.165, 1.54) is 18.2 Å². The van der Waals surface area contributed by atoms with E-state index in [-0.39, 0.29) is 17.0 Å². The molecule has 0 aliphatic carbocycles. The van der Waals surface area contributed by atoms with Crippen molar-refractivity contribution in [3.63, 3.8) is 0 Å². The van der Waals surface area contributed by atoms with Gasteiger partial charge in [-0.05, 0) is 35.9 Å². The highest BCUT2D eigenvalue weighted by atomic mass is 32.2. The lowest BCUT2D eigenvalue weighted by atomic mass is 10.2. The van der Waals surface area contributed by atoms with Crippen LogP contribution in [0.3, 0.4) is 0 Å². The summed E-state index contributed by atoms with van der Waals surface area (Å²) in [4.78, 5) is 12.0. The monoisotopic (exact) mass is 325 g/mol. The number of hydrogen-bond acceptors (Lipinski definition) is 3. The minimum Gasteiger partial charge on any atom is -0.348 e. The Labute approximate surface area is 126 Å². The number of nitrogens with one attached hydrogen (secondary N) is 1. The van der Waals surface area contributed by atoms with Crippen molar-refractivity contribution in [1.82, 2.24) is 5.32 Å². The first-order valence-corrected chi connectivity index (χ1v) is 8.19. The van der Waals surface area contributed by atoms with E-state index in [9.17, 15) is 22.0 Å². The van der Waals surface area contributed by atoms with Gasteiger partial charge in [0.15, 0.2) is 21.5 Å². The Morgan fingerprint density at radius 1 is 1.05 bits per heavy atom. The standard InChI is InChI=1S/C15H13F2NO3S/c1-22(20,21)12-5-2-10(3-6-12)9-18-15(19)11-4-7-13(16)14(17)8-11/h2-8H,9H2,1H3,(H,18,19). The first-order chi connectivity index (χ1) is 10.3. The van der Waals surface area contributed by atoms with Gasteiger partial charge in [0, 0.05) is 18.4 Å².